The molecule has 0 aromatic heterocycles. The molecule has 2 aromatic carbocycles. The van der Waals surface area contributed by atoms with Gasteiger partial charge in [0.25, 0.3) is 0 Å². The van der Waals surface area contributed by atoms with Crippen molar-refractivity contribution in [1.82, 2.24) is 0 Å². The third-order valence-electron chi connectivity index (χ3n) is 2.80. The molecular weight excluding hydrogens is 311 g/mol. The summed E-state index contributed by atoms with van der Waals surface area (Å²) in [6.07, 6.45) is 0. The standard InChI is InChI=1S/C15H12Cl2N2O2/c1-9-4-2-3-5-11(9)15(20)21-19-14(18)12-7-6-10(16)8-13(12)17/h2-8H,1H3,(H2,18,19). The van der Waals surface area contributed by atoms with Crippen LogP contribution in [0.15, 0.2) is 47.6 Å². The van der Waals surface area contributed by atoms with Crippen LogP contribution in [0.4, 0.5) is 0 Å². The number of benzene rings is 2. The third kappa shape index (κ3) is 3.74. The average Bonchev–Trinajstić information content (AvgIpc) is 2.45. The molecule has 2 N–H and O–H groups in total. The van der Waals surface area contributed by atoms with Gasteiger partial charge in [0, 0.05) is 10.6 Å². The van der Waals surface area contributed by atoms with Gasteiger partial charge in [-0.3, -0.25) is 0 Å². The molecule has 0 aliphatic heterocycles. The number of rotatable bonds is 3. The first kappa shape index (κ1) is 15.4. The minimum Gasteiger partial charge on any atom is -0.380 e. The minimum absolute atomic E-state index is 0.00130. The Hall–Kier alpha value is -2.04. The van der Waals surface area contributed by atoms with Gasteiger partial charge >= 0.3 is 5.97 Å². The second kappa shape index (κ2) is 6.61. The van der Waals surface area contributed by atoms with Crippen LogP contribution in [-0.4, -0.2) is 11.8 Å². The van der Waals surface area contributed by atoms with Crippen LogP contribution in [0, 0.1) is 6.92 Å². The fraction of sp³-hybridized carbons (Fsp3) is 0.0667. The number of carbonyl (C=O) groups is 1. The van der Waals surface area contributed by atoms with E-state index < -0.39 is 5.97 Å². The maximum absolute atomic E-state index is 11.9. The molecule has 4 nitrogen and oxygen atoms in total. The summed E-state index contributed by atoms with van der Waals surface area (Å²) in [5.74, 6) is -0.584. The molecule has 0 spiro atoms. The quantitative estimate of drug-likeness (QED) is 0.405. The first-order chi connectivity index (χ1) is 9.99. The SMILES string of the molecule is Cc1ccccc1C(=O)O/N=C(/N)c1ccc(Cl)cc1Cl. The summed E-state index contributed by atoms with van der Waals surface area (Å²) in [4.78, 5) is 16.7. The first-order valence-corrected chi connectivity index (χ1v) is 6.80. The predicted molar refractivity (Wildman–Crippen MR) is 83.8 cm³/mol. The second-order valence-corrected chi connectivity index (χ2v) is 5.14. The van der Waals surface area contributed by atoms with Crippen molar-refractivity contribution in [3.63, 3.8) is 0 Å². The van der Waals surface area contributed by atoms with Crippen LogP contribution in [0.1, 0.15) is 21.5 Å². The van der Waals surface area contributed by atoms with Gasteiger partial charge in [0.15, 0.2) is 5.84 Å². The van der Waals surface area contributed by atoms with Crippen LogP contribution >= 0.6 is 23.2 Å². The van der Waals surface area contributed by atoms with Gasteiger partial charge in [-0.1, -0.05) is 46.6 Å². The van der Waals surface area contributed by atoms with Crippen molar-refractivity contribution in [2.45, 2.75) is 6.92 Å². The van der Waals surface area contributed by atoms with Crippen LogP contribution < -0.4 is 5.73 Å². The number of hydrogen-bond donors (Lipinski definition) is 1. The molecule has 21 heavy (non-hydrogen) atoms. The highest BCUT2D eigenvalue weighted by atomic mass is 35.5. The Labute approximate surface area is 132 Å². The highest BCUT2D eigenvalue weighted by Gasteiger charge is 2.11. The van der Waals surface area contributed by atoms with E-state index in [0.717, 1.165) is 5.56 Å². The van der Waals surface area contributed by atoms with E-state index in [1.807, 2.05) is 6.07 Å². The Morgan fingerprint density at radius 3 is 2.52 bits per heavy atom. The van der Waals surface area contributed by atoms with Crippen molar-refractivity contribution < 1.29 is 9.63 Å². The van der Waals surface area contributed by atoms with E-state index in [2.05, 4.69) is 5.16 Å². The normalized spacial score (nSPS) is 11.3. The Morgan fingerprint density at radius 1 is 1.14 bits per heavy atom. The molecule has 0 fully saturated rings. The molecule has 6 heteroatoms. The van der Waals surface area contributed by atoms with E-state index >= 15 is 0 Å². The average molecular weight is 323 g/mol. The van der Waals surface area contributed by atoms with Crippen molar-refractivity contribution in [2.24, 2.45) is 10.9 Å². The molecule has 0 unspecified atom stereocenters. The summed E-state index contributed by atoms with van der Waals surface area (Å²) >= 11 is 11.8. The zero-order valence-corrected chi connectivity index (χ0v) is 12.7. The van der Waals surface area contributed by atoms with E-state index in [4.69, 9.17) is 33.8 Å². The number of nitrogens with two attached hydrogens (primary N) is 1. The number of nitrogens with zero attached hydrogens (tertiary/aromatic N) is 1. The minimum atomic E-state index is -0.582. The predicted octanol–water partition coefficient (Wildman–Crippen LogP) is 3.78. The molecule has 108 valence electrons. The molecule has 0 aliphatic carbocycles. The monoisotopic (exact) mass is 322 g/mol. The van der Waals surface area contributed by atoms with E-state index in [-0.39, 0.29) is 5.84 Å². The largest absolute Gasteiger partial charge is 0.380 e. The van der Waals surface area contributed by atoms with Crippen LogP contribution in [-0.2, 0) is 4.84 Å². The van der Waals surface area contributed by atoms with Crippen molar-refractivity contribution in [3.8, 4) is 0 Å². The fourth-order valence-electron chi connectivity index (χ4n) is 1.69. The first-order valence-electron chi connectivity index (χ1n) is 6.05. The summed E-state index contributed by atoms with van der Waals surface area (Å²) in [6.45, 7) is 1.81. The number of aryl methyl sites for hydroxylation is 1. The molecule has 0 heterocycles. The van der Waals surface area contributed by atoms with E-state index in [1.54, 1.807) is 37.3 Å². The molecule has 0 saturated heterocycles. The summed E-state index contributed by atoms with van der Waals surface area (Å²) in [5, 5.41) is 4.43. The zero-order chi connectivity index (χ0) is 15.4. The Balaban J connectivity index is 2.17. The smallest absolute Gasteiger partial charge is 0.366 e. The Bertz CT molecular complexity index is 715. The van der Waals surface area contributed by atoms with Gasteiger partial charge in [-0.15, -0.1) is 0 Å². The fourth-order valence-corrected chi connectivity index (χ4v) is 2.19. The van der Waals surface area contributed by atoms with Gasteiger partial charge in [0.2, 0.25) is 0 Å². The Morgan fingerprint density at radius 2 is 1.86 bits per heavy atom. The number of carbonyl (C=O) groups excluding carboxylic acids is 1. The van der Waals surface area contributed by atoms with Crippen molar-refractivity contribution in [1.29, 1.82) is 0 Å². The molecule has 0 radical (unpaired) electrons. The van der Waals surface area contributed by atoms with Crippen molar-refractivity contribution in [3.05, 3.63) is 69.2 Å². The van der Waals surface area contributed by atoms with Gasteiger partial charge in [-0.2, -0.15) is 0 Å². The molecule has 0 atom stereocenters. The molecule has 0 saturated carbocycles. The lowest BCUT2D eigenvalue weighted by Gasteiger charge is -2.05. The maximum atomic E-state index is 11.9. The van der Waals surface area contributed by atoms with Crippen molar-refractivity contribution in [2.75, 3.05) is 0 Å². The van der Waals surface area contributed by atoms with E-state index in [0.29, 0.717) is 21.2 Å². The van der Waals surface area contributed by atoms with E-state index in [9.17, 15) is 4.79 Å². The summed E-state index contributed by atoms with van der Waals surface area (Å²) in [5.41, 5.74) is 7.42. The topological polar surface area (TPSA) is 64.7 Å². The summed E-state index contributed by atoms with van der Waals surface area (Å²) in [6, 6.07) is 11.8. The molecule has 2 aromatic rings. The van der Waals surface area contributed by atoms with Gasteiger partial charge < -0.3 is 10.6 Å². The van der Waals surface area contributed by atoms with Gasteiger partial charge in [-0.05, 0) is 36.8 Å². The summed E-state index contributed by atoms with van der Waals surface area (Å²) in [7, 11) is 0. The number of amidine groups is 1. The highest BCUT2D eigenvalue weighted by molar-refractivity contribution is 6.36. The van der Waals surface area contributed by atoms with Crippen LogP contribution in [0.25, 0.3) is 0 Å². The molecular formula is C15H12Cl2N2O2. The summed E-state index contributed by atoms with van der Waals surface area (Å²) < 4.78 is 0. The molecule has 0 amide bonds. The van der Waals surface area contributed by atoms with Gasteiger partial charge in [0.1, 0.15) is 0 Å². The lowest BCUT2D eigenvalue weighted by atomic mass is 10.1. The van der Waals surface area contributed by atoms with Crippen LogP contribution in [0.5, 0.6) is 0 Å². The maximum Gasteiger partial charge on any atom is 0.366 e. The number of hydrogen-bond acceptors (Lipinski definition) is 3. The van der Waals surface area contributed by atoms with Gasteiger partial charge in [0.05, 0.1) is 10.6 Å². The highest BCUT2D eigenvalue weighted by Crippen LogP contribution is 2.20. The lowest BCUT2D eigenvalue weighted by molar-refractivity contribution is 0.0515. The van der Waals surface area contributed by atoms with Crippen molar-refractivity contribution >= 4 is 35.0 Å². The van der Waals surface area contributed by atoms with Crippen LogP contribution in [0.2, 0.25) is 10.0 Å². The molecule has 0 bridgehead atoms. The second-order valence-electron chi connectivity index (χ2n) is 4.29. The Kier molecular flexibility index (Phi) is 4.83. The zero-order valence-electron chi connectivity index (χ0n) is 11.1. The van der Waals surface area contributed by atoms with Crippen LogP contribution in [0.3, 0.4) is 0 Å². The number of halogens is 2. The third-order valence-corrected chi connectivity index (χ3v) is 3.35. The molecule has 2 rings (SSSR count). The van der Waals surface area contributed by atoms with Gasteiger partial charge in [-0.25, -0.2) is 4.79 Å². The lowest BCUT2D eigenvalue weighted by Crippen LogP contribution is -2.16. The number of oxime groups is 1. The molecule has 0 aliphatic rings. The van der Waals surface area contributed by atoms with E-state index in [1.165, 1.54) is 6.07 Å².